The van der Waals surface area contributed by atoms with Crippen molar-refractivity contribution in [2.24, 2.45) is 0 Å². The normalized spacial score (nSPS) is 15.1. The highest BCUT2D eigenvalue weighted by atomic mass is 35.5. The van der Waals surface area contributed by atoms with Gasteiger partial charge in [-0.2, -0.15) is 0 Å². The van der Waals surface area contributed by atoms with Crippen LogP contribution in [0.5, 0.6) is 5.75 Å². The summed E-state index contributed by atoms with van der Waals surface area (Å²) in [6, 6.07) is 7.98. The number of methoxy groups -OCH3 is 1. The first-order chi connectivity index (χ1) is 10.7. The third kappa shape index (κ3) is 6.37. The molecule has 130 valence electrons. The standard InChI is InChI=1S/C17H27N3O2.ClH/c1-3-11-20(15-7-9-18-10-8-15)13-17(21)19-14-5-4-6-16(12-14)22-2;/h4-6,12,15,18H,3,7-11,13H2,1-2H3,(H,19,21);1H. The molecule has 0 aromatic heterocycles. The quantitative estimate of drug-likeness (QED) is 0.800. The molecule has 0 spiro atoms. The lowest BCUT2D eigenvalue weighted by Crippen LogP contribution is -2.46. The van der Waals surface area contributed by atoms with Crippen molar-refractivity contribution < 1.29 is 9.53 Å². The lowest BCUT2D eigenvalue weighted by Gasteiger charge is -2.34. The van der Waals surface area contributed by atoms with Gasteiger partial charge in [-0.25, -0.2) is 0 Å². The molecule has 1 aliphatic rings. The van der Waals surface area contributed by atoms with E-state index >= 15 is 0 Å². The molecule has 0 atom stereocenters. The second-order valence-corrected chi connectivity index (χ2v) is 5.73. The summed E-state index contributed by atoms with van der Waals surface area (Å²) in [5, 5.41) is 6.34. The zero-order valence-electron chi connectivity index (χ0n) is 14.0. The van der Waals surface area contributed by atoms with Crippen molar-refractivity contribution in [2.75, 3.05) is 38.6 Å². The van der Waals surface area contributed by atoms with Crippen LogP contribution in [0, 0.1) is 0 Å². The highest BCUT2D eigenvalue weighted by Crippen LogP contribution is 2.17. The highest BCUT2D eigenvalue weighted by molar-refractivity contribution is 5.92. The number of benzene rings is 1. The highest BCUT2D eigenvalue weighted by Gasteiger charge is 2.22. The minimum absolute atomic E-state index is 0. The molecule has 1 aromatic carbocycles. The Morgan fingerprint density at radius 3 is 2.78 bits per heavy atom. The van der Waals surface area contributed by atoms with Crippen LogP contribution in [-0.4, -0.2) is 50.1 Å². The van der Waals surface area contributed by atoms with E-state index in [-0.39, 0.29) is 18.3 Å². The van der Waals surface area contributed by atoms with Gasteiger partial charge in [0.15, 0.2) is 0 Å². The van der Waals surface area contributed by atoms with Crippen molar-refractivity contribution in [3.05, 3.63) is 24.3 Å². The molecular weight excluding hydrogens is 314 g/mol. The molecule has 1 fully saturated rings. The van der Waals surface area contributed by atoms with E-state index in [1.54, 1.807) is 7.11 Å². The minimum atomic E-state index is 0. The molecule has 5 nitrogen and oxygen atoms in total. The number of carbonyl (C=O) groups excluding carboxylic acids is 1. The van der Waals surface area contributed by atoms with Crippen LogP contribution in [-0.2, 0) is 4.79 Å². The Hall–Kier alpha value is -1.30. The molecule has 1 saturated heterocycles. The van der Waals surface area contributed by atoms with E-state index in [1.807, 2.05) is 24.3 Å². The zero-order valence-corrected chi connectivity index (χ0v) is 14.8. The molecule has 0 aliphatic carbocycles. The van der Waals surface area contributed by atoms with Crippen LogP contribution in [0.15, 0.2) is 24.3 Å². The van der Waals surface area contributed by atoms with Crippen molar-refractivity contribution in [3.8, 4) is 5.75 Å². The Morgan fingerprint density at radius 1 is 1.39 bits per heavy atom. The minimum Gasteiger partial charge on any atom is -0.497 e. The molecule has 2 N–H and O–H groups in total. The molecule has 1 aromatic rings. The molecule has 1 heterocycles. The van der Waals surface area contributed by atoms with E-state index < -0.39 is 0 Å². The lowest BCUT2D eigenvalue weighted by atomic mass is 10.0. The van der Waals surface area contributed by atoms with E-state index in [0.717, 1.165) is 50.3 Å². The maximum Gasteiger partial charge on any atom is 0.238 e. The summed E-state index contributed by atoms with van der Waals surface area (Å²) in [7, 11) is 1.63. The number of hydrogen-bond acceptors (Lipinski definition) is 4. The predicted molar refractivity (Wildman–Crippen MR) is 96.6 cm³/mol. The molecule has 0 saturated carbocycles. The van der Waals surface area contributed by atoms with Gasteiger partial charge in [0.1, 0.15) is 5.75 Å². The van der Waals surface area contributed by atoms with Gasteiger partial charge < -0.3 is 15.4 Å². The van der Waals surface area contributed by atoms with E-state index in [9.17, 15) is 4.79 Å². The summed E-state index contributed by atoms with van der Waals surface area (Å²) in [6.07, 6.45) is 3.30. The monoisotopic (exact) mass is 341 g/mol. The van der Waals surface area contributed by atoms with Crippen molar-refractivity contribution in [1.29, 1.82) is 0 Å². The van der Waals surface area contributed by atoms with Crippen LogP contribution in [0.1, 0.15) is 26.2 Å². The summed E-state index contributed by atoms with van der Waals surface area (Å²) in [5.41, 5.74) is 0.783. The maximum atomic E-state index is 12.3. The van der Waals surface area contributed by atoms with Crippen LogP contribution >= 0.6 is 12.4 Å². The first-order valence-corrected chi connectivity index (χ1v) is 8.11. The fourth-order valence-corrected chi connectivity index (χ4v) is 2.94. The molecule has 2 rings (SSSR count). The topological polar surface area (TPSA) is 53.6 Å². The average molecular weight is 342 g/mol. The van der Waals surface area contributed by atoms with Gasteiger partial charge in [0.25, 0.3) is 0 Å². The number of carbonyl (C=O) groups is 1. The number of rotatable bonds is 7. The predicted octanol–water partition coefficient (Wildman–Crippen LogP) is 2.52. The van der Waals surface area contributed by atoms with Crippen LogP contribution in [0.2, 0.25) is 0 Å². The van der Waals surface area contributed by atoms with Gasteiger partial charge in [-0.15, -0.1) is 12.4 Å². The molecule has 0 bridgehead atoms. The van der Waals surface area contributed by atoms with Crippen molar-refractivity contribution in [2.45, 2.75) is 32.2 Å². The Bertz CT molecular complexity index is 479. The van der Waals surface area contributed by atoms with Crippen LogP contribution in [0.3, 0.4) is 0 Å². The van der Waals surface area contributed by atoms with E-state index in [4.69, 9.17) is 4.74 Å². The Morgan fingerprint density at radius 2 is 2.13 bits per heavy atom. The lowest BCUT2D eigenvalue weighted by molar-refractivity contribution is -0.118. The summed E-state index contributed by atoms with van der Waals surface area (Å²) in [4.78, 5) is 14.6. The number of nitrogens with zero attached hydrogens (tertiary/aromatic N) is 1. The van der Waals surface area contributed by atoms with Gasteiger partial charge in [0.2, 0.25) is 5.91 Å². The summed E-state index contributed by atoms with van der Waals surface area (Å²) >= 11 is 0. The van der Waals surface area contributed by atoms with Crippen molar-refractivity contribution in [1.82, 2.24) is 10.2 Å². The van der Waals surface area contributed by atoms with Crippen molar-refractivity contribution >= 4 is 24.0 Å². The number of amides is 1. The molecule has 0 radical (unpaired) electrons. The van der Waals surface area contributed by atoms with Crippen LogP contribution in [0.25, 0.3) is 0 Å². The number of anilines is 1. The van der Waals surface area contributed by atoms with Gasteiger partial charge in [-0.05, 0) is 51.0 Å². The number of nitrogens with one attached hydrogen (secondary N) is 2. The first kappa shape index (κ1) is 19.7. The summed E-state index contributed by atoms with van der Waals surface area (Å²) in [6.45, 7) is 5.67. The first-order valence-electron chi connectivity index (χ1n) is 8.11. The van der Waals surface area contributed by atoms with Crippen LogP contribution in [0.4, 0.5) is 5.69 Å². The Balaban J connectivity index is 0.00000264. The fourth-order valence-electron chi connectivity index (χ4n) is 2.94. The number of hydrogen-bond donors (Lipinski definition) is 2. The molecule has 6 heteroatoms. The largest absolute Gasteiger partial charge is 0.497 e. The zero-order chi connectivity index (χ0) is 15.8. The SMILES string of the molecule is CCCN(CC(=O)Nc1cccc(OC)c1)C1CCNCC1.Cl. The molecule has 1 aliphatic heterocycles. The second-order valence-electron chi connectivity index (χ2n) is 5.73. The maximum absolute atomic E-state index is 12.3. The van der Waals surface area contributed by atoms with Gasteiger partial charge in [0.05, 0.1) is 13.7 Å². The third-order valence-corrected chi connectivity index (χ3v) is 4.04. The smallest absolute Gasteiger partial charge is 0.238 e. The molecule has 1 amide bonds. The number of ether oxygens (including phenoxy) is 1. The van der Waals surface area contributed by atoms with E-state index in [2.05, 4.69) is 22.5 Å². The summed E-state index contributed by atoms with van der Waals surface area (Å²) in [5.74, 6) is 0.793. The van der Waals surface area contributed by atoms with Gasteiger partial charge in [-0.3, -0.25) is 9.69 Å². The van der Waals surface area contributed by atoms with Gasteiger partial charge in [0, 0.05) is 17.8 Å². The molecular formula is C17H28ClN3O2. The summed E-state index contributed by atoms with van der Waals surface area (Å²) < 4.78 is 5.18. The number of halogens is 1. The van der Waals surface area contributed by atoms with Crippen molar-refractivity contribution in [3.63, 3.8) is 0 Å². The number of piperidine rings is 1. The van der Waals surface area contributed by atoms with Gasteiger partial charge in [-0.1, -0.05) is 13.0 Å². The van der Waals surface area contributed by atoms with E-state index in [1.165, 1.54) is 0 Å². The fraction of sp³-hybridized carbons (Fsp3) is 0.588. The molecule has 23 heavy (non-hydrogen) atoms. The second kappa shape index (κ2) is 10.5. The Kier molecular flexibility index (Phi) is 8.99. The van der Waals surface area contributed by atoms with Crippen LogP contribution < -0.4 is 15.4 Å². The molecule has 0 unspecified atom stereocenters. The average Bonchev–Trinajstić information content (AvgIpc) is 2.55. The Labute approximate surface area is 145 Å². The third-order valence-electron chi connectivity index (χ3n) is 4.04. The van der Waals surface area contributed by atoms with Gasteiger partial charge >= 0.3 is 0 Å². The van der Waals surface area contributed by atoms with E-state index in [0.29, 0.717) is 12.6 Å².